The average Bonchev–Trinajstić information content (AvgIpc) is 3.56. The fourth-order valence-corrected chi connectivity index (χ4v) is 6.96. The fourth-order valence-electron chi connectivity index (χ4n) is 5.12. The Balaban J connectivity index is 2.00. The van der Waals surface area contributed by atoms with E-state index in [-0.39, 0.29) is 11.8 Å². The van der Waals surface area contributed by atoms with Crippen molar-refractivity contribution in [1.82, 2.24) is 14.7 Å². The maximum Gasteiger partial charge on any atom is 0.250 e. The molecule has 1 fully saturated rings. The lowest BCUT2D eigenvalue weighted by Crippen LogP contribution is -2.29. The Bertz CT molecular complexity index is 977. The number of likely N-dealkylation sites (N-methyl/N-ethyl adjacent to an activating group) is 1. The van der Waals surface area contributed by atoms with Crippen LogP contribution in [0.5, 0.6) is 11.5 Å². The number of aromatic hydroxyl groups is 1. The number of nitrogens with one attached hydrogen (secondary N) is 1. The van der Waals surface area contributed by atoms with Crippen molar-refractivity contribution in [3.05, 3.63) is 47.1 Å². The molecular formula is C28H46N3O2PS. The highest BCUT2D eigenvalue weighted by atomic mass is 32.5. The minimum atomic E-state index is -2.54. The Morgan fingerprint density at radius 3 is 2.66 bits per heavy atom. The third-order valence-electron chi connectivity index (χ3n) is 7.47. The first-order chi connectivity index (χ1) is 16.6. The van der Waals surface area contributed by atoms with Gasteiger partial charge < -0.3 is 9.63 Å². The summed E-state index contributed by atoms with van der Waals surface area (Å²) in [6.07, 6.45) is 8.76. The van der Waals surface area contributed by atoms with E-state index >= 15 is 0 Å². The van der Waals surface area contributed by atoms with Crippen LogP contribution in [0.15, 0.2) is 35.9 Å². The number of phenolic OH excluding ortho intramolecular Hbond substituents is 1. The van der Waals surface area contributed by atoms with Gasteiger partial charge in [-0.25, -0.2) is 9.76 Å². The third kappa shape index (κ3) is 7.20. The zero-order valence-corrected chi connectivity index (χ0v) is 24.4. The van der Waals surface area contributed by atoms with Crippen LogP contribution in [-0.4, -0.2) is 54.4 Å². The molecule has 1 aliphatic carbocycles. The molecule has 0 bridgehead atoms. The zero-order chi connectivity index (χ0) is 25.8. The van der Waals surface area contributed by atoms with Gasteiger partial charge in [-0.15, -0.1) is 0 Å². The van der Waals surface area contributed by atoms with Gasteiger partial charge in [-0.1, -0.05) is 50.5 Å². The van der Waals surface area contributed by atoms with Gasteiger partial charge in [0.2, 0.25) is 6.57 Å². The molecule has 1 aliphatic heterocycles. The smallest absolute Gasteiger partial charge is 0.250 e. The average molecular weight is 520 g/mol. The summed E-state index contributed by atoms with van der Waals surface area (Å²) in [7, 11) is 3.98. The minimum absolute atomic E-state index is 0.0329. The van der Waals surface area contributed by atoms with Gasteiger partial charge in [-0.3, -0.25) is 4.90 Å². The Morgan fingerprint density at radius 2 is 2.06 bits per heavy atom. The molecule has 3 unspecified atom stereocenters. The van der Waals surface area contributed by atoms with Crippen molar-refractivity contribution in [3.8, 4) is 11.5 Å². The maximum atomic E-state index is 11.4. The van der Waals surface area contributed by atoms with Gasteiger partial charge in [0.1, 0.15) is 11.5 Å². The molecule has 196 valence electrons. The summed E-state index contributed by atoms with van der Waals surface area (Å²) in [5, 5.41) is 15.0. The molecule has 5 nitrogen and oxygen atoms in total. The summed E-state index contributed by atoms with van der Waals surface area (Å²) < 4.78 is 8.81. The molecule has 5 atom stereocenters. The molecular weight excluding hydrogens is 473 g/mol. The third-order valence-corrected chi connectivity index (χ3v) is 11.1. The van der Waals surface area contributed by atoms with E-state index in [2.05, 4.69) is 56.4 Å². The number of hydrogen-bond donors (Lipinski definition) is 2. The summed E-state index contributed by atoms with van der Waals surface area (Å²) in [5.41, 5.74) is 4.46. The van der Waals surface area contributed by atoms with E-state index in [9.17, 15) is 5.11 Å². The van der Waals surface area contributed by atoms with Crippen molar-refractivity contribution in [2.75, 3.05) is 33.7 Å². The summed E-state index contributed by atoms with van der Waals surface area (Å²) in [6, 6.07) is 4.61. The van der Waals surface area contributed by atoms with E-state index < -0.39 is 6.57 Å². The first kappa shape index (κ1) is 28.4. The maximum absolute atomic E-state index is 11.4. The van der Waals surface area contributed by atoms with Crippen LogP contribution in [0.1, 0.15) is 76.8 Å². The number of nitrogens with zero attached hydrogens (tertiary/aromatic N) is 2. The van der Waals surface area contributed by atoms with Crippen LogP contribution in [0.25, 0.3) is 0 Å². The predicted molar refractivity (Wildman–Crippen MR) is 153 cm³/mol. The SMILES string of the molecule is C=C(C)[C@@H]1CCC(C)=C[C@H]1c1c(O)cc(CCCCC)cc1OP(=S)(NCC1CN1CC)N(C)C. The predicted octanol–water partition coefficient (Wildman–Crippen LogP) is 6.60. The lowest BCUT2D eigenvalue weighted by atomic mass is 9.73. The van der Waals surface area contributed by atoms with E-state index in [0.717, 1.165) is 67.8 Å². The van der Waals surface area contributed by atoms with Crippen LogP contribution in [0.4, 0.5) is 0 Å². The standard InChI is InChI=1S/C28H46N3O2PS/c1-8-10-11-12-22-16-26(32)28(25-15-21(5)13-14-24(25)20(3)4)27(17-22)33-34(35,30(6)7)29-18-23-19-31(23)9-2/h15-17,23-25,32H,3,8-14,18-19H2,1-2,4-7H3,(H,29,35)/t23?,24-,25+,31?,34?/m0/s1. The number of benzene rings is 1. The summed E-state index contributed by atoms with van der Waals surface area (Å²) in [6.45, 7) is 13.4. The summed E-state index contributed by atoms with van der Waals surface area (Å²) >= 11 is 6.16. The van der Waals surface area contributed by atoms with E-state index in [1.165, 1.54) is 18.4 Å². The van der Waals surface area contributed by atoms with E-state index in [1.807, 2.05) is 24.8 Å². The Hall–Kier alpha value is -1.17. The van der Waals surface area contributed by atoms with Crippen molar-refractivity contribution in [1.29, 1.82) is 0 Å². The second-order valence-electron chi connectivity index (χ2n) is 10.6. The van der Waals surface area contributed by atoms with Gasteiger partial charge in [0.05, 0.1) is 0 Å². The fraction of sp³-hybridized carbons (Fsp3) is 0.643. The van der Waals surface area contributed by atoms with Gasteiger partial charge in [-0.2, -0.15) is 0 Å². The van der Waals surface area contributed by atoms with E-state index in [4.69, 9.17) is 16.3 Å². The van der Waals surface area contributed by atoms with Gasteiger partial charge in [0, 0.05) is 30.6 Å². The van der Waals surface area contributed by atoms with Crippen molar-refractivity contribution in [2.24, 2.45) is 5.92 Å². The van der Waals surface area contributed by atoms with Crippen molar-refractivity contribution in [2.45, 2.75) is 78.2 Å². The topological polar surface area (TPSA) is 47.7 Å². The highest BCUT2D eigenvalue weighted by Gasteiger charge is 2.36. The van der Waals surface area contributed by atoms with Crippen LogP contribution in [0, 0.1) is 5.92 Å². The van der Waals surface area contributed by atoms with Crippen LogP contribution < -0.4 is 9.61 Å². The number of aryl methyl sites for hydroxylation is 1. The molecule has 1 saturated heterocycles. The van der Waals surface area contributed by atoms with Crippen molar-refractivity contribution in [3.63, 3.8) is 0 Å². The molecule has 2 N–H and O–H groups in total. The molecule has 0 aromatic heterocycles. The van der Waals surface area contributed by atoms with E-state index in [0.29, 0.717) is 11.8 Å². The lowest BCUT2D eigenvalue weighted by Gasteiger charge is -2.35. The molecule has 35 heavy (non-hydrogen) atoms. The van der Waals surface area contributed by atoms with E-state index in [1.54, 1.807) is 0 Å². The zero-order valence-electron chi connectivity index (χ0n) is 22.6. The van der Waals surface area contributed by atoms with Crippen LogP contribution >= 0.6 is 6.57 Å². The molecule has 1 aromatic rings. The van der Waals surface area contributed by atoms with Crippen LogP contribution in [0.2, 0.25) is 0 Å². The van der Waals surface area contributed by atoms with Gasteiger partial charge in [0.25, 0.3) is 0 Å². The molecule has 0 saturated carbocycles. The molecule has 1 aromatic carbocycles. The van der Waals surface area contributed by atoms with Gasteiger partial charge in [0.15, 0.2) is 0 Å². The van der Waals surface area contributed by atoms with Crippen molar-refractivity contribution >= 4 is 18.4 Å². The van der Waals surface area contributed by atoms with Gasteiger partial charge in [-0.05, 0) is 95.6 Å². The number of phenols is 1. The lowest BCUT2D eigenvalue weighted by molar-refractivity contribution is 0.421. The second-order valence-corrected chi connectivity index (χ2v) is 14.4. The molecule has 0 amide bonds. The normalized spacial score (nSPS) is 25.7. The number of rotatable bonds is 13. The number of allylic oxidation sites excluding steroid dienone is 3. The first-order valence-electron chi connectivity index (χ1n) is 13.2. The summed E-state index contributed by atoms with van der Waals surface area (Å²) in [5.74, 6) is 1.35. The quantitative estimate of drug-likeness (QED) is 0.133. The largest absolute Gasteiger partial charge is 0.507 e. The highest BCUT2D eigenvalue weighted by molar-refractivity contribution is 8.10. The Morgan fingerprint density at radius 1 is 1.31 bits per heavy atom. The number of hydrogen-bond acceptors (Lipinski definition) is 4. The van der Waals surface area contributed by atoms with Crippen molar-refractivity contribution < 1.29 is 9.63 Å². The monoisotopic (exact) mass is 519 g/mol. The molecule has 0 radical (unpaired) electrons. The molecule has 1 heterocycles. The highest BCUT2D eigenvalue weighted by Crippen LogP contribution is 2.52. The number of unbranched alkanes of at least 4 members (excludes halogenated alkanes) is 2. The Labute approximate surface area is 218 Å². The van der Waals surface area contributed by atoms with Gasteiger partial charge >= 0.3 is 0 Å². The Kier molecular flexibility index (Phi) is 10.0. The minimum Gasteiger partial charge on any atom is -0.507 e. The second kappa shape index (κ2) is 12.4. The van der Waals surface area contributed by atoms with Crippen LogP contribution in [0.3, 0.4) is 0 Å². The molecule has 2 aliphatic rings. The molecule has 0 spiro atoms. The molecule has 3 rings (SSSR count). The summed E-state index contributed by atoms with van der Waals surface area (Å²) in [4.78, 5) is 2.42. The van der Waals surface area contributed by atoms with Crippen LogP contribution in [-0.2, 0) is 18.2 Å². The molecule has 7 heteroatoms. The first-order valence-corrected chi connectivity index (χ1v) is 15.9.